The zero-order valence-corrected chi connectivity index (χ0v) is 11.1. The number of aryl methyl sites for hydroxylation is 2. The van der Waals surface area contributed by atoms with Gasteiger partial charge in [0.15, 0.2) is 0 Å². The van der Waals surface area contributed by atoms with Crippen LogP contribution in [0.1, 0.15) is 24.5 Å². The lowest BCUT2D eigenvalue weighted by Crippen LogP contribution is -2.33. The van der Waals surface area contributed by atoms with Gasteiger partial charge in [0.05, 0.1) is 12.3 Å². The van der Waals surface area contributed by atoms with Crippen molar-refractivity contribution >= 4 is 0 Å². The van der Waals surface area contributed by atoms with Crippen LogP contribution >= 0.6 is 0 Å². The molecule has 3 heterocycles. The summed E-state index contributed by atoms with van der Waals surface area (Å²) in [6.07, 6.45) is -0.134. The Morgan fingerprint density at radius 1 is 1.53 bits per heavy atom. The molecule has 7 heteroatoms. The van der Waals surface area contributed by atoms with E-state index in [1.807, 2.05) is 24.6 Å². The number of nitrogens with zero attached hydrogens (tertiary/aromatic N) is 4. The average molecular weight is 263 g/mol. The van der Waals surface area contributed by atoms with Crippen molar-refractivity contribution < 1.29 is 9.26 Å². The van der Waals surface area contributed by atoms with Crippen molar-refractivity contribution in [3.05, 3.63) is 17.6 Å². The van der Waals surface area contributed by atoms with Crippen molar-refractivity contribution in [1.82, 2.24) is 25.2 Å². The Balaban J connectivity index is 1.87. The highest BCUT2D eigenvalue weighted by molar-refractivity contribution is 5.47. The molecule has 0 aromatic carbocycles. The fourth-order valence-electron chi connectivity index (χ4n) is 2.16. The van der Waals surface area contributed by atoms with Crippen LogP contribution in [0, 0.1) is 6.92 Å². The van der Waals surface area contributed by atoms with E-state index in [0.29, 0.717) is 24.9 Å². The molecule has 1 atom stereocenters. The highest BCUT2D eigenvalue weighted by atomic mass is 16.5. The van der Waals surface area contributed by atoms with E-state index in [-0.39, 0.29) is 6.10 Å². The molecule has 1 fully saturated rings. The van der Waals surface area contributed by atoms with Crippen molar-refractivity contribution in [2.45, 2.75) is 26.5 Å². The van der Waals surface area contributed by atoms with Crippen LogP contribution in [0.3, 0.4) is 0 Å². The van der Waals surface area contributed by atoms with E-state index in [9.17, 15) is 0 Å². The van der Waals surface area contributed by atoms with Crippen molar-refractivity contribution in [1.29, 1.82) is 0 Å². The van der Waals surface area contributed by atoms with Gasteiger partial charge < -0.3 is 14.6 Å². The van der Waals surface area contributed by atoms with E-state index in [1.54, 1.807) is 0 Å². The van der Waals surface area contributed by atoms with Gasteiger partial charge in [-0.2, -0.15) is 10.1 Å². The Morgan fingerprint density at radius 2 is 2.42 bits per heavy atom. The van der Waals surface area contributed by atoms with Crippen LogP contribution in [0.5, 0.6) is 0 Å². The van der Waals surface area contributed by atoms with Crippen molar-refractivity contribution in [3.8, 4) is 11.6 Å². The smallest absolute Gasteiger partial charge is 0.276 e. The Bertz CT molecular complexity index is 556. The minimum Gasteiger partial charge on any atom is -0.367 e. The fourth-order valence-corrected chi connectivity index (χ4v) is 2.16. The predicted octanol–water partition coefficient (Wildman–Crippen LogP) is 0.922. The molecular formula is C12H17N5O2. The molecule has 0 saturated carbocycles. The van der Waals surface area contributed by atoms with E-state index in [1.165, 1.54) is 0 Å². The second kappa shape index (κ2) is 5.10. The lowest BCUT2D eigenvalue weighted by molar-refractivity contribution is 0.0208. The zero-order chi connectivity index (χ0) is 13.2. The minimum atomic E-state index is -0.134. The molecule has 1 saturated heterocycles. The van der Waals surface area contributed by atoms with E-state index in [0.717, 1.165) is 24.5 Å². The van der Waals surface area contributed by atoms with Gasteiger partial charge in [-0.05, 0) is 19.9 Å². The normalized spacial score (nSPS) is 19.8. The SMILES string of the molecule is CCn1nc(C)cc1-c1nc(C2CNCCO2)no1. The number of rotatable bonds is 3. The Kier molecular flexibility index (Phi) is 3.31. The number of nitrogens with one attached hydrogen (secondary N) is 1. The molecule has 7 nitrogen and oxygen atoms in total. The third-order valence-corrected chi connectivity index (χ3v) is 3.08. The monoisotopic (exact) mass is 263 g/mol. The number of ether oxygens (including phenoxy) is 1. The van der Waals surface area contributed by atoms with Crippen LogP contribution in [0.2, 0.25) is 0 Å². The molecule has 0 aliphatic carbocycles. The van der Waals surface area contributed by atoms with Crippen molar-refractivity contribution in [2.24, 2.45) is 0 Å². The first-order valence-electron chi connectivity index (χ1n) is 6.48. The summed E-state index contributed by atoms with van der Waals surface area (Å²) in [6.45, 7) is 6.99. The molecular weight excluding hydrogens is 246 g/mol. The van der Waals surface area contributed by atoms with Gasteiger partial charge in [0.25, 0.3) is 5.89 Å². The van der Waals surface area contributed by atoms with Crippen LogP contribution < -0.4 is 5.32 Å². The molecule has 1 N–H and O–H groups in total. The largest absolute Gasteiger partial charge is 0.367 e. The molecule has 0 radical (unpaired) electrons. The summed E-state index contributed by atoms with van der Waals surface area (Å²) in [5, 5.41) is 11.6. The molecule has 1 unspecified atom stereocenters. The summed E-state index contributed by atoms with van der Waals surface area (Å²) in [6, 6.07) is 1.95. The topological polar surface area (TPSA) is 78.0 Å². The maximum absolute atomic E-state index is 5.61. The maximum atomic E-state index is 5.61. The van der Waals surface area contributed by atoms with E-state index in [2.05, 4.69) is 20.6 Å². The third kappa shape index (κ3) is 2.39. The number of aromatic nitrogens is 4. The summed E-state index contributed by atoms with van der Waals surface area (Å²) < 4.78 is 12.8. The summed E-state index contributed by atoms with van der Waals surface area (Å²) >= 11 is 0. The number of hydrogen-bond donors (Lipinski definition) is 1. The summed E-state index contributed by atoms with van der Waals surface area (Å²) in [5.41, 5.74) is 1.79. The van der Waals surface area contributed by atoms with Gasteiger partial charge in [-0.25, -0.2) is 0 Å². The predicted molar refractivity (Wildman–Crippen MR) is 67.5 cm³/mol. The Labute approximate surface area is 110 Å². The van der Waals surface area contributed by atoms with Gasteiger partial charge in [0, 0.05) is 19.6 Å². The molecule has 0 bridgehead atoms. The van der Waals surface area contributed by atoms with Gasteiger partial charge in [-0.15, -0.1) is 0 Å². The highest BCUT2D eigenvalue weighted by Gasteiger charge is 2.23. The van der Waals surface area contributed by atoms with Crippen LogP contribution in [0.4, 0.5) is 0 Å². The Morgan fingerprint density at radius 3 is 3.16 bits per heavy atom. The zero-order valence-electron chi connectivity index (χ0n) is 11.1. The van der Waals surface area contributed by atoms with E-state index in [4.69, 9.17) is 9.26 Å². The first-order valence-corrected chi connectivity index (χ1v) is 6.48. The third-order valence-electron chi connectivity index (χ3n) is 3.08. The lowest BCUT2D eigenvalue weighted by Gasteiger charge is -2.20. The summed E-state index contributed by atoms with van der Waals surface area (Å²) in [7, 11) is 0. The van der Waals surface area contributed by atoms with Crippen LogP contribution in [-0.4, -0.2) is 39.6 Å². The number of hydrogen-bond acceptors (Lipinski definition) is 6. The molecule has 0 amide bonds. The van der Waals surface area contributed by atoms with Crippen LogP contribution in [0.25, 0.3) is 11.6 Å². The molecule has 2 aromatic heterocycles. The standard InChI is InChI=1S/C12H17N5O2/c1-3-17-9(6-8(2)15-17)12-14-11(16-19-12)10-7-13-4-5-18-10/h6,10,13H,3-5,7H2,1-2H3. The first-order chi connectivity index (χ1) is 9.28. The molecule has 1 aliphatic heterocycles. The van der Waals surface area contributed by atoms with Gasteiger partial charge in [-0.3, -0.25) is 4.68 Å². The van der Waals surface area contributed by atoms with Crippen LogP contribution in [-0.2, 0) is 11.3 Å². The summed E-state index contributed by atoms with van der Waals surface area (Å²) in [4.78, 5) is 4.42. The summed E-state index contributed by atoms with van der Waals surface area (Å²) in [5.74, 6) is 1.08. The quantitative estimate of drug-likeness (QED) is 0.887. The van der Waals surface area contributed by atoms with Gasteiger partial charge in [0.2, 0.25) is 5.82 Å². The fraction of sp³-hybridized carbons (Fsp3) is 0.583. The first kappa shape index (κ1) is 12.3. The van der Waals surface area contributed by atoms with Gasteiger partial charge in [0.1, 0.15) is 11.8 Å². The maximum Gasteiger partial charge on any atom is 0.276 e. The molecule has 3 rings (SSSR count). The molecule has 102 valence electrons. The lowest BCUT2D eigenvalue weighted by atomic mass is 10.3. The number of morpholine rings is 1. The molecule has 2 aromatic rings. The van der Waals surface area contributed by atoms with Crippen molar-refractivity contribution in [3.63, 3.8) is 0 Å². The van der Waals surface area contributed by atoms with Crippen molar-refractivity contribution in [2.75, 3.05) is 19.7 Å². The van der Waals surface area contributed by atoms with E-state index < -0.39 is 0 Å². The van der Waals surface area contributed by atoms with E-state index >= 15 is 0 Å². The highest BCUT2D eigenvalue weighted by Crippen LogP contribution is 2.22. The van der Waals surface area contributed by atoms with Gasteiger partial charge in [-0.1, -0.05) is 5.16 Å². The second-order valence-corrected chi connectivity index (χ2v) is 4.51. The Hall–Kier alpha value is -1.73. The van der Waals surface area contributed by atoms with Crippen LogP contribution in [0.15, 0.2) is 10.6 Å². The second-order valence-electron chi connectivity index (χ2n) is 4.51. The van der Waals surface area contributed by atoms with Gasteiger partial charge >= 0.3 is 0 Å². The molecule has 1 aliphatic rings. The molecule has 19 heavy (non-hydrogen) atoms. The molecule has 0 spiro atoms. The minimum absolute atomic E-state index is 0.134. The average Bonchev–Trinajstić information content (AvgIpc) is 3.05.